The minimum absolute atomic E-state index is 0.0162. The van der Waals surface area contributed by atoms with Crippen LogP contribution in [-0.4, -0.2) is 137 Å². The number of esters is 2. The van der Waals surface area contributed by atoms with Crippen molar-refractivity contribution >= 4 is 27.3 Å². The second-order valence-corrected chi connectivity index (χ2v) is 28.2. The van der Waals surface area contributed by atoms with Crippen LogP contribution in [0.15, 0.2) is 266 Å². The standard InChI is InChI=1S/C37H41N2O7P.C36H39N2O7P/c1-38(2)47(41,39(3)4)46-35-34(43-26-28-18-10-6-11-19-28)33(45-36(35)40)32(42-5)27-44-37(29-20-12-7-13-21-29,30-22-14-8-15-23-30)31-24-16-9-17-25-31;1-37(2)46(41,38(3)4)45-34-33(42-25-27-17-9-5-10-18-27)32(44-35(34)40)31(39)26-43-36(28-19-11-6-12-20-28,29-21-13-7-14-22-29)30-23-15-8-16-24-30/h6-25,32-33H,26-27H2,1-5H3;5-24,31-32,39H,25-26H2,1-4H3. The average molecular weight is 1300 g/mol. The Morgan fingerprint density at radius 2 is 0.667 bits per heavy atom. The quantitative estimate of drug-likeness (QED) is 0.0265. The van der Waals surface area contributed by atoms with Gasteiger partial charge in [-0.3, -0.25) is 0 Å². The molecule has 0 radical (unpaired) electrons. The zero-order valence-corrected chi connectivity index (χ0v) is 55.5. The summed E-state index contributed by atoms with van der Waals surface area (Å²) in [6, 6.07) is 78.0. The van der Waals surface area contributed by atoms with Crippen molar-refractivity contribution in [2.45, 2.75) is 48.8 Å². The minimum atomic E-state index is -3.69. The maximum atomic E-state index is 13.9. The number of hydrogen-bond acceptors (Lipinski definition) is 14. The molecule has 2 aliphatic heterocycles. The third kappa shape index (κ3) is 15.5. The van der Waals surface area contributed by atoms with E-state index in [9.17, 15) is 23.8 Å². The molecule has 0 aliphatic carbocycles. The zero-order chi connectivity index (χ0) is 66.2. The molecule has 10 rings (SSSR count). The van der Waals surface area contributed by atoms with Gasteiger partial charge >= 0.3 is 27.3 Å². The number of carbonyl (C=O) groups is 2. The Kier molecular flexibility index (Phi) is 23.3. The summed E-state index contributed by atoms with van der Waals surface area (Å²) in [5.41, 5.74) is 4.80. The highest BCUT2D eigenvalue weighted by Crippen LogP contribution is 2.55. The van der Waals surface area contributed by atoms with Gasteiger partial charge in [-0.25, -0.2) is 37.4 Å². The molecular formula is C73H80N4O14P2. The molecule has 18 nitrogen and oxygen atoms in total. The second kappa shape index (κ2) is 31.4. The predicted octanol–water partition coefficient (Wildman–Crippen LogP) is 12.6. The van der Waals surface area contributed by atoms with E-state index in [0.29, 0.717) is 0 Å². The molecule has 20 heteroatoms. The molecular weight excluding hydrogens is 1220 g/mol. The van der Waals surface area contributed by atoms with Crippen molar-refractivity contribution in [3.8, 4) is 0 Å². The summed E-state index contributed by atoms with van der Waals surface area (Å²) in [6.07, 6.45) is -4.56. The number of aliphatic hydroxyl groups is 1. The van der Waals surface area contributed by atoms with Crippen LogP contribution < -0.4 is 0 Å². The Morgan fingerprint density at radius 3 is 0.946 bits per heavy atom. The highest BCUT2D eigenvalue weighted by Gasteiger charge is 2.50. The zero-order valence-electron chi connectivity index (χ0n) is 53.7. The van der Waals surface area contributed by atoms with Gasteiger partial charge in [-0.05, 0) is 101 Å². The molecule has 486 valence electrons. The Labute approximate surface area is 545 Å². The Morgan fingerprint density at radius 1 is 0.409 bits per heavy atom. The highest BCUT2D eigenvalue weighted by atomic mass is 31.2. The molecule has 0 aromatic heterocycles. The number of methoxy groups -OCH3 is 1. The third-order valence-corrected chi connectivity index (χ3v) is 20.6. The van der Waals surface area contributed by atoms with Crippen molar-refractivity contribution in [2.24, 2.45) is 0 Å². The van der Waals surface area contributed by atoms with E-state index in [1.54, 1.807) is 56.4 Å². The van der Waals surface area contributed by atoms with Crippen molar-refractivity contribution in [3.63, 3.8) is 0 Å². The first-order chi connectivity index (χ1) is 44.9. The smallest absolute Gasteiger partial charge is 0.395 e. The Balaban J connectivity index is 0.000000219. The lowest BCUT2D eigenvalue weighted by molar-refractivity contribution is -0.153. The Hall–Kier alpha value is -8.48. The molecule has 93 heavy (non-hydrogen) atoms. The lowest BCUT2D eigenvalue weighted by Crippen LogP contribution is -2.41. The van der Waals surface area contributed by atoms with Gasteiger partial charge in [-0.15, -0.1) is 0 Å². The van der Waals surface area contributed by atoms with Crippen LogP contribution in [-0.2, 0) is 85.3 Å². The van der Waals surface area contributed by atoms with E-state index in [-0.39, 0.29) is 49.5 Å². The van der Waals surface area contributed by atoms with Crippen molar-refractivity contribution in [3.05, 3.63) is 310 Å². The summed E-state index contributed by atoms with van der Waals surface area (Å²) >= 11 is 0. The van der Waals surface area contributed by atoms with E-state index >= 15 is 0 Å². The molecule has 8 aromatic rings. The molecule has 0 bridgehead atoms. The highest BCUT2D eigenvalue weighted by molar-refractivity contribution is 7.54. The maximum Gasteiger partial charge on any atom is 0.395 e. The van der Waals surface area contributed by atoms with Gasteiger partial charge in [0.25, 0.3) is 11.5 Å². The fourth-order valence-electron chi connectivity index (χ4n) is 10.9. The molecule has 1 N–H and O–H groups in total. The second-order valence-electron chi connectivity index (χ2n) is 22.7. The lowest BCUT2D eigenvalue weighted by Gasteiger charge is -2.37. The van der Waals surface area contributed by atoms with Crippen molar-refractivity contribution < 1.29 is 66.0 Å². The molecule has 2 aliphatic rings. The van der Waals surface area contributed by atoms with Crippen molar-refractivity contribution in [2.75, 3.05) is 76.7 Å². The number of aliphatic hydroxyl groups excluding tert-OH is 1. The van der Waals surface area contributed by atoms with Gasteiger partial charge < -0.3 is 47.3 Å². The third-order valence-electron chi connectivity index (χ3n) is 15.7. The van der Waals surface area contributed by atoms with Crippen LogP contribution in [0.2, 0.25) is 0 Å². The number of benzene rings is 8. The van der Waals surface area contributed by atoms with Crippen LogP contribution in [0, 0.1) is 0 Å². The van der Waals surface area contributed by atoms with Crippen LogP contribution in [0.3, 0.4) is 0 Å². The molecule has 2 heterocycles. The summed E-state index contributed by atoms with van der Waals surface area (Å²) in [5.74, 6) is -2.28. The van der Waals surface area contributed by atoms with E-state index in [1.165, 1.54) is 25.8 Å². The van der Waals surface area contributed by atoms with Gasteiger partial charge in [0.15, 0.2) is 23.7 Å². The van der Waals surface area contributed by atoms with E-state index < -0.39 is 62.9 Å². The largest absolute Gasteiger partial charge is 0.485 e. The SMILES string of the molecule is CN(C)P(=O)(OC1=C(OCc2ccccc2)C(C(O)COC(c2ccccc2)(c2ccccc2)c2ccccc2)OC1=O)N(C)C.COC(COC(c1ccccc1)(c1ccccc1)c1ccccc1)C1OC(=O)C(OP(=O)(N(C)C)N(C)C)=C1OCc1ccccc1. The van der Waals surface area contributed by atoms with Gasteiger partial charge in [0, 0.05) is 7.11 Å². The first-order valence-electron chi connectivity index (χ1n) is 30.2. The first-order valence-corrected chi connectivity index (χ1v) is 33.3. The monoisotopic (exact) mass is 1300 g/mol. The average Bonchev–Trinajstić information content (AvgIpc) is 0.910. The number of carbonyl (C=O) groups excluding carboxylic acids is 2. The van der Waals surface area contributed by atoms with Gasteiger partial charge in [0.2, 0.25) is 0 Å². The molecule has 0 saturated carbocycles. The molecule has 8 aromatic carbocycles. The topological polar surface area (TPSA) is 185 Å². The molecule has 0 saturated heterocycles. The van der Waals surface area contributed by atoms with Gasteiger partial charge in [0.1, 0.15) is 36.6 Å². The van der Waals surface area contributed by atoms with Gasteiger partial charge in [-0.1, -0.05) is 243 Å². The molecule has 0 amide bonds. The molecule has 4 atom stereocenters. The van der Waals surface area contributed by atoms with E-state index in [0.717, 1.165) is 44.5 Å². The number of rotatable bonds is 29. The van der Waals surface area contributed by atoms with Crippen LogP contribution in [0.25, 0.3) is 0 Å². The van der Waals surface area contributed by atoms with E-state index in [2.05, 4.69) is 0 Å². The van der Waals surface area contributed by atoms with Crippen LogP contribution >= 0.6 is 15.3 Å². The van der Waals surface area contributed by atoms with Crippen LogP contribution in [0.4, 0.5) is 0 Å². The first kappa shape index (κ1) is 68.9. The molecule has 0 spiro atoms. The van der Waals surface area contributed by atoms with E-state index in [4.69, 9.17) is 42.2 Å². The summed E-state index contributed by atoms with van der Waals surface area (Å²) in [4.78, 5) is 26.8. The van der Waals surface area contributed by atoms with Crippen molar-refractivity contribution in [1.29, 1.82) is 0 Å². The number of hydrogen-bond donors (Lipinski definition) is 1. The Bertz CT molecular complexity index is 3640. The minimum Gasteiger partial charge on any atom is -0.485 e. The summed E-state index contributed by atoms with van der Waals surface area (Å²) in [6.45, 7) is -0.109. The summed E-state index contributed by atoms with van der Waals surface area (Å²) in [5, 5.41) is 11.7. The molecule has 0 fully saturated rings. The predicted molar refractivity (Wildman–Crippen MR) is 356 cm³/mol. The fourth-order valence-corrected chi connectivity index (χ4v) is 13.8. The van der Waals surface area contributed by atoms with Crippen molar-refractivity contribution in [1.82, 2.24) is 18.7 Å². The number of nitrogens with zero attached hydrogens (tertiary/aromatic N) is 4. The number of ether oxygens (including phenoxy) is 7. The van der Waals surface area contributed by atoms with E-state index in [1.807, 2.05) is 243 Å². The lowest BCUT2D eigenvalue weighted by atomic mass is 9.80. The maximum absolute atomic E-state index is 13.9. The fraction of sp³-hybridized carbons (Fsp3) is 0.260. The normalized spacial score (nSPS) is 16.0. The molecule has 4 unspecified atom stereocenters. The number of cyclic esters (lactones) is 2. The van der Waals surface area contributed by atoms with Gasteiger partial charge in [-0.2, -0.15) is 0 Å². The van der Waals surface area contributed by atoms with Gasteiger partial charge in [0.05, 0.1) is 13.2 Å². The summed E-state index contributed by atoms with van der Waals surface area (Å²) < 4.78 is 89.0. The van der Waals surface area contributed by atoms with Crippen LogP contribution in [0.5, 0.6) is 0 Å². The summed E-state index contributed by atoms with van der Waals surface area (Å²) in [7, 11) is 6.99. The van der Waals surface area contributed by atoms with Crippen LogP contribution in [0.1, 0.15) is 44.5 Å².